The predicted molar refractivity (Wildman–Crippen MR) is 161 cm³/mol. The first-order chi connectivity index (χ1) is 19.3. The van der Waals surface area contributed by atoms with Crippen LogP contribution in [-0.2, 0) is 11.2 Å². The SMILES string of the molecule is Cc1ccc(C2CCN(C(=O)[C@@H](Cc3ccc(Cl)cc3Cl)NC(=O)N3CCCC3)CC2)c(N2CCN(C)CC2)n1. The highest BCUT2D eigenvalue weighted by molar-refractivity contribution is 6.35. The van der Waals surface area contributed by atoms with Gasteiger partial charge in [0.1, 0.15) is 11.9 Å². The predicted octanol–water partition coefficient (Wildman–Crippen LogP) is 4.57. The van der Waals surface area contributed by atoms with Crippen LogP contribution in [-0.4, -0.2) is 97.1 Å². The zero-order valence-electron chi connectivity index (χ0n) is 23.5. The maximum absolute atomic E-state index is 13.9. The molecule has 4 heterocycles. The molecular weight excluding hydrogens is 547 g/mol. The van der Waals surface area contributed by atoms with Crippen molar-refractivity contribution in [3.05, 3.63) is 57.2 Å². The minimum Gasteiger partial charge on any atom is -0.354 e. The number of anilines is 1. The van der Waals surface area contributed by atoms with E-state index in [0.29, 0.717) is 35.5 Å². The number of pyridine rings is 1. The third kappa shape index (κ3) is 6.84. The number of likely N-dealkylation sites (N-methyl/N-ethyl adjacent to an activating group) is 1. The Balaban J connectivity index is 1.28. The van der Waals surface area contributed by atoms with Crippen LogP contribution in [0.2, 0.25) is 10.0 Å². The largest absolute Gasteiger partial charge is 0.354 e. The summed E-state index contributed by atoms with van der Waals surface area (Å²) in [6, 6.07) is 8.76. The van der Waals surface area contributed by atoms with Gasteiger partial charge in [-0.1, -0.05) is 35.3 Å². The Kier molecular flexibility index (Phi) is 9.38. The number of aromatic nitrogens is 1. The summed E-state index contributed by atoms with van der Waals surface area (Å²) in [6.45, 7) is 8.79. The van der Waals surface area contributed by atoms with Gasteiger partial charge in [0.05, 0.1) is 0 Å². The number of carbonyl (C=O) groups excluding carboxylic acids is 2. The zero-order valence-corrected chi connectivity index (χ0v) is 25.1. The highest BCUT2D eigenvalue weighted by atomic mass is 35.5. The molecule has 3 amide bonds. The lowest BCUT2D eigenvalue weighted by Gasteiger charge is -2.38. The minimum atomic E-state index is -0.690. The van der Waals surface area contributed by atoms with E-state index in [1.165, 1.54) is 5.56 Å². The second-order valence-electron chi connectivity index (χ2n) is 11.4. The normalized spacial score (nSPS) is 19.6. The molecule has 0 bridgehead atoms. The maximum atomic E-state index is 13.9. The molecule has 40 heavy (non-hydrogen) atoms. The van der Waals surface area contributed by atoms with Gasteiger partial charge >= 0.3 is 6.03 Å². The Labute approximate surface area is 247 Å². The molecule has 0 unspecified atom stereocenters. The summed E-state index contributed by atoms with van der Waals surface area (Å²) in [6.07, 6.45) is 4.04. The third-order valence-electron chi connectivity index (χ3n) is 8.52. The molecule has 3 fully saturated rings. The first-order valence-corrected chi connectivity index (χ1v) is 15.2. The van der Waals surface area contributed by atoms with Crippen LogP contribution in [0.4, 0.5) is 10.6 Å². The molecule has 1 aromatic carbocycles. The summed E-state index contributed by atoms with van der Waals surface area (Å²) < 4.78 is 0. The molecule has 0 aliphatic carbocycles. The van der Waals surface area contributed by atoms with Crippen LogP contribution in [0.5, 0.6) is 0 Å². The van der Waals surface area contributed by atoms with Crippen LogP contribution in [0.15, 0.2) is 30.3 Å². The van der Waals surface area contributed by atoms with E-state index in [2.05, 4.69) is 34.3 Å². The van der Waals surface area contributed by atoms with E-state index in [1.807, 2.05) is 17.9 Å². The van der Waals surface area contributed by atoms with E-state index >= 15 is 0 Å². The van der Waals surface area contributed by atoms with Crippen molar-refractivity contribution in [1.29, 1.82) is 0 Å². The van der Waals surface area contributed by atoms with Crippen molar-refractivity contribution in [2.45, 2.75) is 51.0 Å². The lowest BCUT2D eigenvalue weighted by molar-refractivity contribution is -0.134. The van der Waals surface area contributed by atoms with E-state index in [0.717, 1.165) is 82.0 Å². The standard InChI is InChI=1S/C30H40Cl2N6O2/c1-21-5-8-25(28(33-21)36-17-15-35(2)16-18-36)22-9-13-37(14-10-22)29(39)27(34-30(40)38-11-3-4-12-38)19-23-6-7-24(31)20-26(23)32/h5-8,20,22,27H,3-4,9-19H2,1-2H3,(H,34,40)/t27-/m1/s1. The van der Waals surface area contributed by atoms with Crippen LogP contribution in [0.25, 0.3) is 0 Å². The van der Waals surface area contributed by atoms with E-state index in [4.69, 9.17) is 28.2 Å². The Bertz CT molecular complexity index is 1200. The summed E-state index contributed by atoms with van der Waals surface area (Å²) in [5.74, 6) is 1.39. The summed E-state index contributed by atoms with van der Waals surface area (Å²) in [4.78, 5) is 40.3. The number of aryl methyl sites for hydroxylation is 1. The molecule has 3 saturated heterocycles. The number of piperidine rings is 1. The smallest absolute Gasteiger partial charge is 0.318 e. The van der Waals surface area contributed by atoms with E-state index < -0.39 is 6.04 Å². The molecule has 1 aromatic heterocycles. The van der Waals surface area contributed by atoms with Crippen molar-refractivity contribution in [2.24, 2.45) is 0 Å². The van der Waals surface area contributed by atoms with Gasteiger partial charge in [-0.15, -0.1) is 0 Å². The van der Waals surface area contributed by atoms with Gasteiger partial charge in [-0.2, -0.15) is 0 Å². The molecule has 10 heteroatoms. The highest BCUT2D eigenvalue weighted by Crippen LogP contribution is 2.35. The fraction of sp³-hybridized carbons (Fsp3) is 0.567. The Morgan fingerprint density at radius 3 is 2.33 bits per heavy atom. The van der Waals surface area contributed by atoms with Gasteiger partial charge in [-0.3, -0.25) is 4.79 Å². The van der Waals surface area contributed by atoms with Crippen molar-refractivity contribution in [3.8, 4) is 0 Å². The van der Waals surface area contributed by atoms with E-state index in [1.54, 1.807) is 17.0 Å². The molecule has 3 aliphatic heterocycles. The monoisotopic (exact) mass is 586 g/mol. The van der Waals surface area contributed by atoms with Gasteiger partial charge in [0.15, 0.2) is 0 Å². The molecule has 3 aliphatic rings. The third-order valence-corrected chi connectivity index (χ3v) is 9.11. The van der Waals surface area contributed by atoms with Gasteiger partial charge in [0.2, 0.25) is 5.91 Å². The molecule has 0 radical (unpaired) electrons. The van der Waals surface area contributed by atoms with Crippen LogP contribution in [0, 0.1) is 6.92 Å². The van der Waals surface area contributed by atoms with Gasteiger partial charge in [0, 0.05) is 74.5 Å². The van der Waals surface area contributed by atoms with Gasteiger partial charge in [0.25, 0.3) is 0 Å². The summed E-state index contributed by atoms with van der Waals surface area (Å²) in [7, 11) is 2.16. The summed E-state index contributed by atoms with van der Waals surface area (Å²) in [5.41, 5.74) is 3.11. The Morgan fingerprint density at radius 2 is 1.65 bits per heavy atom. The number of amides is 3. The second kappa shape index (κ2) is 13.0. The molecule has 2 aromatic rings. The first kappa shape index (κ1) is 29.0. The van der Waals surface area contributed by atoms with Crippen molar-refractivity contribution >= 4 is 41.0 Å². The molecular formula is C30H40Cl2N6O2. The summed E-state index contributed by atoms with van der Waals surface area (Å²) >= 11 is 12.6. The number of hydrogen-bond donors (Lipinski definition) is 1. The van der Waals surface area contributed by atoms with Crippen LogP contribution in [0.3, 0.4) is 0 Å². The Morgan fingerprint density at radius 1 is 0.950 bits per heavy atom. The quantitative estimate of drug-likeness (QED) is 0.537. The zero-order chi connectivity index (χ0) is 28.2. The lowest BCUT2D eigenvalue weighted by Crippen LogP contribution is -2.54. The van der Waals surface area contributed by atoms with Crippen LogP contribution in [0.1, 0.15) is 48.4 Å². The number of piperazine rings is 1. The van der Waals surface area contributed by atoms with Crippen molar-refractivity contribution < 1.29 is 9.59 Å². The number of likely N-dealkylation sites (tertiary alicyclic amines) is 2. The molecule has 216 valence electrons. The van der Waals surface area contributed by atoms with Crippen molar-refractivity contribution in [1.82, 2.24) is 25.0 Å². The van der Waals surface area contributed by atoms with Crippen molar-refractivity contribution in [2.75, 3.05) is 64.3 Å². The average molecular weight is 588 g/mol. The van der Waals surface area contributed by atoms with Crippen LogP contribution >= 0.6 is 23.2 Å². The van der Waals surface area contributed by atoms with Gasteiger partial charge in [-0.25, -0.2) is 9.78 Å². The number of halogens is 2. The number of hydrogen-bond acceptors (Lipinski definition) is 5. The van der Waals surface area contributed by atoms with Crippen LogP contribution < -0.4 is 10.2 Å². The number of carbonyl (C=O) groups is 2. The fourth-order valence-electron chi connectivity index (χ4n) is 6.04. The second-order valence-corrected chi connectivity index (χ2v) is 12.2. The van der Waals surface area contributed by atoms with Gasteiger partial charge < -0.3 is 24.9 Å². The van der Waals surface area contributed by atoms with E-state index in [-0.39, 0.29) is 11.9 Å². The molecule has 1 N–H and O–H groups in total. The lowest BCUT2D eigenvalue weighted by atomic mass is 9.88. The number of rotatable bonds is 6. The minimum absolute atomic E-state index is 0.0571. The molecule has 0 spiro atoms. The Hall–Kier alpha value is -2.55. The van der Waals surface area contributed by atoms with Crippen molar-refractivity contribution in [3.63, 3.8) is 0 Å². The highest BCUT2D eigenvalue weighted by Gasteiger charge is 2.33. The number of nitrogens with one attached hydrogen (secondary N) is 1. The number of urea groups is 1. The fourth-order valence-corrected chi connectivity index (χ4v) is 6.53. The first-order valence-electron chi connectivity index (χ1n) is 14.5. The van der Waals surface area contributed by atoms with E-state index in [9.17, 15) is 9.59 Å². The maximum Gasteiger partial charge on any atom is 0.318 e. The molecule has 1 atom stereocenters. The summed E-state index contributed by atoms with van der Waals surface area (Å²) in [5, 5.41) is 4.08. The molecule has 5 rings (SSSR count). The number of nitrogens with zero attached hydrogens (tertiary/aromatic N) is 5. The van der Waals surface area contributed by atoms with Gasteiger partial charge in [-0.05, 0) is 74.9 Å². The average Bonchev–Trinajstić information content (AvgIpc) is 3.50. The topological polar surface area (TPSA) is 72.0 Å². The molecule has 8 nitrogen and oxygen atoms in total. The molecule has 0 saturated carbocycles. The number of benzene rings is 1.